The fraction of sp³-hybridized carbons (Fsp3) is 0.222. The number of hydrogen-bond donors (Lipinski definition) is 0. The molecule has 0 aliphatic carbocycles. The van der Waals surface area contributed by atoms with E-state index in [2.05, 4.69) is 0 Å². The second-order valence-corrected chi connectivity index (χ2v) is 4.45. The molecule has 128 valence electrons. The molecule has 2 aromatic carbocycles. The van der Waals surface area contributed by atoms with Crippen LogP contribution in [0.3, 0.4) is 0 Å². The Kier molecular flexibility index (Phi) is 7.84. The van der Waals surface area contributed by atoms with Crippen molar-refractivity contribution in [2.75, 3.05) is 28.4 Å². The van der Waals surface area contributed by atoms with Crippen LogP contribution >= 0.6 is 0 Å². The predicted molar refractivity (Wildman–Crippen MR) is 89.9 cm³/mol. The van der Waals surface area contributed by atoms with E-state index in [4.69, 9.17) is 18.9 Å². The lowest BCUT2D eigenvalue weighted by Crippen LogP contribution is -1.91. The van der Waals surface area contributed by atoms with Crippen LogP contribution in [-0.4, -0.2) is 41.0 Å². The van der Waals surface area contributed by atoms with Crippen LogP contribution in [-0.2, 0) is 0 Å². The monoisotopic (exact) mass is 332 g/mol. The van der Waals surface area contributed by atoms with E-state index in [1.54, 1.807) is 50.6 Å². The first-order valence-electron chi connectivity index (χ1n) is 6.97. The summed E-state index contributed by atoms with van der Waals surface area (Å²) in [6.45, 7) is 0. The normalized spacial score (nSPS) is 9.17. The average molecular weight is 332 g/mol. The Labute approximate surface area is 140 Å². The summed E-state index contributed by atoms with van der Waals surface area (Å²) in [4.78, 5) is 21.0. The summed E-state index contributed by atoms with van der Waals surface area (Å²) in [6.07, 6.45) is 1.47. The molecule has 0 heterocycles. The van der Waals surface area contributed by atoms with Crippen molar-refractivity contribution in [3.8, 4) is 23.0 Å². The predicted octanol–water partition coefficient (Wildman–Crippen LogP) is 3.03. The van der Waals surface area contributed by atoms with Gasteiger partial charge in [0, 0.05) is 0 Å². The zero-order chi connectivity index (χ0) is 17.9. The number of benzene rings is 2. The number of methoxy groups -OCH3 is 4. The Balaban J connectivity index is 0.000000240. The summed E-state index contributed by atoms with van der Waals surface area (Å²) in [5.74, 6) is 2.42. The van der Waals surface area contributed by atoms with E-state index in [-0.39, 0.29) is 0 Å². The Morgan fingerprint density at radius 1 is 0.625 bits per heavy atom. The van der Waals surface area contributed by atoms with Crippen LogP contribution in [0.4, 0.5) is 0 Å². The van der Waals surface area contributed by atoms with Crippen molar-refractivity contribution < 1.29 is 28.5 Å². The third kappa shape index (κ3) is 5.01. The lowest BCUT2D eigenvalue weighted by molar-refractivity contribution is 0.111. The average Bonchev–Trinajstić information content (AvgIpc) is 2.67. The summed E-state index contributed by atoms with van der Waals surface area (Å²) in [5.41, 5.74) is 0.994. The zero-order valence-electron chi connectivity index (χ0n) is 14.1. The molecule has 6 nitrogen and oxygen atoms in total. The SMILES string of the molecule is COc1ccc(OC)c(C=O)c1.COc1ccc(OC)c(C=O)c1. The van der Waals surface area contributed by atoms with Gasteiger partial charge in [-0.3, -0.25) is 9.59 Å². The minimum absolute atomic E-state index is 0.497. The first kappa shape index (κ1) is 19.0. The number of hydrogen-bond acceptors (Lipinski definition) is 6. The number of aldehydes is 2. The Hall–Kier alpha value is -3.02. The van der Waals surface area contributed by atoms with Gasteiger partial charge in [-0.2, -0.15) is 0 Å². The molecular weight excluding hydrogens is 312 g/mol. The molecule has 0 unspecified atom stereocenters. The molecule has 2 rings (SSSR count). The maximum Gasteiger partial charge on any atom is 0.153 e. The van der Waals surface area contributed by atoms with E-state index < -0.39 is 0 Å². The summed E-state index contributed by atoms with van der Waals surface area (Å²) < 4.78 is 19.8. The van der Waals surface area contributed by atoms with Gasteiger partial charge in [-0.05, 0) is 36.4 Å². The topological polar surface area (TPSA) is 71.1 Å². The van der Waals surface area contributed by atoms with Crippen LogP contribution in [0, 0.1) is 0 Å². The maximum absolute atomic E-state index is 10.5. The van der Waals surface area contributed by atoms with Crippen molar-refractivity contribution >= 4 is 12.6 Å². The maximum atomic E-state index is 10.5. The van der Waals surface area contributed by atoms with Gasteiger partial charge in [0.05, 0.1) is 39.6 Å². The molecule has 24 heavy (non-hydrogen) atoms. The van der Waals surface area contributed by atoms with Gasteiger partial charge in [0.15, 0.2) is 12.6 Å². The summed E-state index contributed by atoms with van der Waals surface area (Å²) in [7, 11) is 6.15. The number of rotatable bonds is 6. The Morgan fingerprint density at radius 3 is 1.25 bits per heavy atom. The van der Waals surface area contributed by atoms with Gasteiger partial charge in [0.2, 0.25) is 0 Å². The lowest BCUT2D eigenvalue weighted by atomic mass is 10.2. The van der Waals surface area contributed by atoms with Gasteiger partial charge in [0.1, 0.15) is 23.0 Å². The number of carbonyl (C=O) groups excluding carboxylic acids is 2. The molecule has 0 saturated carbocycles. The highest BCUT2D eigenvalue weighted by molar-refractivity contribution is 5.80. The van der Waals surface area contributed by atoms with Crippen molar-refractivity contribution in [1.29, 1.82) is 0 Å². The second kappa shape index (κ2) is 9.89. The fourth-order valence-electron chi connectivity index (χ4n) is 1.86. The van der Waals surface area contributed by atoms with Gasteiger partial charge in [-0.1, -0.05) is 0 Å². The molecule has 0 radical (unpaired) electrons. The van der Waals surface area contributed by atoms with Crippen molar-refractivity contribution in [2.24, 2.45) is 0 Å². The first-order valence-corrected chi connectivity index (χ1v) is 6.97. The lowest BCUT2D eigenvalue weighted by Gasteiger charge is -2.04. The van der Waals surface area contributed by atoms with E-state index >= 15 is 0 Å². The van der Waals surface area contributed by atoms with E-state index in [0.29, 0.717) is 34.1 Å². The van der Waals surface area contributed by atoms with Gasteiger partial charge in [-0.15, -0.1) is 0 Å². The molecule has 0 atom stereocenters. The molecule has 0 amide bonds. The molecule has 0 spiro atoms. The molecule has 0 fully saturated rings. The van der Waals surface area contributed by atoms with Crippen LogP contribution in [0.25, 0.3) is 0 Å². The molecule has 0 bridgehead atoms. The van der Waals surface area contributed by atoms with E-state index in [0.717, 1.165) is 12.6 Å². The van der Waals surface area contributed by atoms with Crippen LogP contribution in [0.5, 0.6) is 23.0 Å². The molecule has 0 N–H and O–H groups in total. The molecule has 6 heteroatoms. The highest BCUT2D eigenvalue weighted by Gasteiger charge is 2.03. The molecule has 0 aliphatic rings. The molecule has 2 aromatic rings. The Bertz CT molecular complexity index is 622. The fourth-order valence-corrected chi connectivity index (χ4v) is 1.86. The van der Waals surface area contributed by atoms with Gasteiger partial charge in [-0.25, -0.2) is 0 Å². The van der Waals surface area contributed by atoms with Crippen LogP contribution in [0.1, 0.15) is 20.7 Å². The highest BCUT2D eigenvalue weighted by Crippen LogP contribution is 2.22. The smallest absolute Gasteiger partial charge is 0.153 e. The zero-order valence-corrected chi connectivity index (χ0v) is 14.1. The summed E-state index contributed by atoms with van der Waals surface area (Å²) in [5, 5.41) is 0. The largest absolute Gasteiger partial charge is 0.497 e. The van der Waals surface area contributed by atoms with Crippen molar-refractivity contribution in [2.45, 2.75) is 0 Å². The highest BCUT2D eigenvalue weighted by atomic mass is 16.5. The van der Waals surface area contributed by atoms with E-state index in [1.807, 2.05) is 0 Å². The molecule has 0 saturated heterocycles. The van der Waals surface area contributed by atoms with E-state index in [1.165, 1.54) is 14.2 Å². The van der Waals surface area contributed by atoms with Crippen LogP contribution < -0.4 is 18.9 Å². The minimum atomic E-state index is 0.497. The molecule has 0 aromatic heterocycles. The first-order chi connectivity index (χ1) is 11.6. The van der Waals surface area contributed by atoms with E-state index in [9.17, 15) is 9.59 Å². The minimum Gasteiger partial charge on any atom is -0.497 e. The number of carbonyl (C=O) groups is 2. The third-order valence-corrected chi connectivity index (χ3v) is 3.13. The Morgan fingerprint density at radius 2 is 1.00 bits per heavy atom. The van der Waals surface area contributed by atoms with Gasteiger partial charge < -0.3 is 18.9 Å². The second-order valence-electron chi connectivity index (χ2n) is 4.45. The quantitative estimate of drug-likeness (QED) is 0.757. The van der Waals surface area contributed by atoms with Gasteiger partial charge in [0.25, 0.3) is 0 Å². The summed E-state index contributed by atoms with van der Waals surface area (Å²) in [6, 6.07) is 10.1. The number of ether oxygens (including phenoxy) is 4. The van der Waals surface area contributed by atoms with Gasteiger partial charge >= 0.3 is 0 Å². The van der Waals surface area contributed by atoms with Crippen molar-refractivity contribution in [1.82, 2.24) is 0 Å². The van der Waals surface area contributed by atoms with Crippen LogP contribution in [0.15, 0.2) is 36.4 Å². The van der Waals surface area contributed by atoms with Crippen molar-refractivity contribution in [3.05, 3.63) is 47.5 Å². The summed E-state index contributed by atoms with van der Waals surface area (Å²) >= 11 is 0. The third-order valence-electron chi connectivity index (χ3n) is 3.13. The van der Waals surface area contributed by atoms with Crippen molar-refractivity contribution in [3.63, 3.8) is 0 Å². The van der Waals surface area contributed by atoms with Crippen LogP contribution in [0.2, 0.25) is 0 Å². The molecular formula is C18H20O6. The standard InChI is InChI=1S/2C9H10O3/c2*1-11-8-3-4-9(12-2)7(5-8)6-10/h2*3-6H,1-2H3. The molecule has 0 aliphatic heterocycles.